The van der Waals surface area contributed by atoms with Gasteiger partial charge < -0.3 is 4.90 Å². The molecule has 80 valence electrons. The molecular weight excluding hydrogens is 238 g/mol. The maximum atomic E-state index is 5.89. The number of anilines is 2. The number of hydrogen-bond donors (Lipinski definition) is 0. The van der Waals surface area contributed by atoms with E-state index in [-0.39, 0.29) is 0 Å². The molecule has 1 aliphatic rings. The molecule has 0 N–H and O–H groups in total. The van der Waals surface area contributed by atoms with Crippen molar-refractivity contribution in [2.24, 2.45) is 0 Å². The Labute approximate surface area is 104 Å². The topological polar surface area (TPSA) is 3.24 Å². The predicted molar refractivity (Wildman–Crippen MR) is 70.8 cm³/mol. The Hall–Kier alpha value is -1.12. The number of nitrogens with zero attached hydrogens (tertiary/aromatic N) is 1. The zero-order valence-electron chi connectivity index (χ0n) is 8.56. The van der Waals surface area contributed by atoms with Crippen LogP contribution in [0.1, 0.15) is 0 Å². The molecule has 0 aromatic heterocycles. The summed E-state index contributed by atoms with van der Waals surface area (Å²) >= 11 is 7.76. The first-order valence-electron chi connectivity index (χ1n) is 5.09. The summed E-state index contributed by atoms with van der Waals surface area (Å²) in [4.78, 5) is 3.65. The lowest BCUT2D eigenvalue weighted by Crippen LogP contribution is -2.10. The summed E-state index contributed by atoms with van der Waals surface area (Å²) < 4.78 is 0. The van der Waals surface area contributed by atoms with Crippen LogP contribution in [0.15, 0.2) is 53.4 Å². The molecule has 3 heteroatoms. The van der Waals surface area contributed by atoms with Gasteiger partial charge in [-0.15, -0.1) is 11.8 Å². The molecule has 0 fully saturated rings. The second-order valence-electron chi connectivity index (χ2n) is 3.65. The van der Waals surface area contributed by atoms with Gasteiger partial charge in [-0.1, -0.05) is 23.7 Å². The van der Waals surface area contributed by atoms with Gasteiger partial charge in [0.2, 0.25) is 0 Å². The molecule has 0 radical (unpaired) electrons. The number of hydrogen-bond acceptors (Lipinski definition) is 2. The van der Waals surface area contributed by atoms with E-state index in [9.17, 15) is 0 Å². The Bertz CT molecular complexity index is 510. The van der Waals surface area contributed by atoms with Gasteiger partial charge in [-0.25, -0.2) is 0 Å². The third-order valence-corrected chi connectivity index (χ3v) is 3.94. The van der Waals surface area contributed by atoms with Crippen LogP contribution in [0.3, 0.4) is 0 Å². The number of rotatable bonds is 1. The number of halogens is 1. The van der Waals surface area contributed by atoms with Gasteiger partial charge in [0.25, 0.3) is 0 Å². The Morgan fingerprint density at radius 1 is 1.00 bits per heavy atom. The molecule has 2 aromatic carbocycles. The van der Waals surface area contributed by atoms with Crippen molar-refractivity contribution in [2.45, 2.75) is 4.90 Å². The standard InChI is InChI=1S/C13H10ClNS/c14-10-5-7-11(8-6-10)15-9-16-13-4-2-1-3-12(13)15/h1-8H,9H2. The van der Waals surface area contributed by atoms with Crippen molar-refractivity contribution in [3.8, 4) is 0 Å². The fourth-order valence-electron chi connectivity index (χ4n) is 1.84. The van der Waals surface area contributed by atoms with E-state index >= 15 is 0 Å². The lowest BCUT2D eigenvalue weighted by Gasteiger charge is -2.18. The van der Waals surface area contributed by atoms with E-state index in [2.05, 4.69) is 41.3 Å². The summed E-state index contributed by atoms with van der Waals surface area (Å²) in [6, 6.07) is 16.5. The Balaban J connectivity index is 2.01. The first kappa shape index (κ1) is 10.1. The molecule has 3 rings (SSSR count). The van der Waals surface area contributed by atoms with E-state index in [0.717, 1.165) is 10.9 Å². The van der Waals surface area contributed by atoms with Crippen LogP contribution in [0.5, 0.6) is 0 Å². The number of para-hydroxylation sites is 1. The average molecular weight is 248 g/mol. The van der Waals surface area contributed by atoms with Crippen LogP contribution >= 0.6 is 23.4 Å². The maximum absolute atomic E-state index is 5.89. The lowest BCUT2D eigenvalue weighted by atomic mass is 10.2. The smallest absolute Gasteiger partial charge is 0.0735 e. The maximum Gasteiger partial charge on any atom is 0.0735 e. The van der Waals surface area contributed by atoms with Crippen LogP contribution in [0.25, 0.3) is 0 Å². The van der Waals surface area contributed by atoms with Crippen LogP contribution in [0.4, 0.5) is 11.4 Å². The molecule has 1 heterocycles. The van der Waals surface area contributed by atoms with Crippen molar-refractivity contribution in [1.82, 2.24) is 0 Å². The van der Waals surface area contributed by atoms with Gasteiger partial charge in [-0.3, -0.25) is 0 Å². The van der Waals surface area contributed by atoms with Gasteiger partial charge in [0.1, 0.15) is 0 Å². The van der Waals surface area contributed by atoms with E-state index < -0.39 is 0 Å². The minimum atomic E-state index is 0.781. The summed E-state index contributed by atoms with van der Waals surface area (Å²) in [6.07, 6.45) is 0. The highest BCUT2D eigenvalue weighted by Gasteiger charge is 2.19. The van der Waals surface area contributed by atoms with Gasteiger partial charge in [0, 0.05) is 15.6 Å². The summed E-state index contributed by atoms with van der Waals surface area (Å²) in [7, 11) is 0. The monoisotopic (exact) mass is 247 g/mol. The Kier molecular flexibility index (Phi) is 2.54. The molecule has 1 aliphatic heterocycles. The van der Waals surface area contributed by atoms with Gasteiger partial charge in [0.05, 0.1) is 11.6 Å². The Morgan fingerprint density at radius 2 is 1.75 bits per heavy atom. The largest absolute Gasteiger partial charge is 0.330 e. The number of benzene rings is 2. The van der Waals surface area contributed by atoms with Crippen molar-refractivity contribution in [1.29, 1.82) is 0 Å². The van der Waals surface area contributed by atoms with Crippen molar-refractivity contribution >= 4 is 34.7 Å². The molecule has 0 aliphatic carbocycles. The highest BCUT2D eigenvalue weighted by Crippen LogP contribution is 2.42. The molecule has 2 aromatic rings. The summed E-state index contributed by atoms with van der Waals surface area (Å²) in [5, 5.41) is 0.781. The number of fused-ring (bicyclic) bond motifs is 1. The molecule has 0 atom stereocenters. The highest BCUT2D eigenvalue weighted by atomic mass is 35.5. The van der Waals surface area contributed by atoms with E-state index in [0.29, 0.717) is 0 Å². The lowest BCUT2D eigenvalue weighted by molar-refractivity contribution is 1.18. The third-order valence-electron chi connectivity index (χ3n) is 2.64. The first-order valence-corrected chi connectivity index (χ1v) is 6.46. The molecule has 0 spiro atoms. The SMILES string of the molecule is Clc1ccc(N2CSc3ccccc32)cc1. The van der Waals surface area contributed by atoms with E-state index in [1.165, 1.54) is 16.3 Å². The van der Waals surface area contributed by atoms with Crippen LogP contribution < -0.4 is 4.90 Å². The van der Waals surface area contributed by atoms with Crippen LogP contribution in [0.2, 0.25) is 5.02 Å². The van der Waals surface area contributed by atoms with Crippen molar-refractivity contribution in [3.05, 3.63) is 53.6 Å². The van der Waals surface area contributed by atoms with Gasteiger partial charge >= 0.3 is 0 Å². The molecule has 1 nitrogen and oxygen atoms in total. The minimum Gasteiger partial charge on any atom is -0.330 e. The van der Waals surface area contributed by atoms with E-state index in [1.807, 2.05) is 23.9 Å². The van der Waals surface area contributed by atoms with Gasteiger partial charge in [0.15, 0.2) is 0 Å². The molecule has 0 saturated heterocycles. The van der Waals surface area contributed by atoms with Crippen molar-refractivity contribution in [3.63, 3.8) is 0 Å². The summed E-state index contributed by atoms with van der Waals surface area (Å²) in [6.45, 7) is 0. The third kappa shape index (κ3) is 1.68. The molecule has 16 heavy (non-hydrogen) atoms. The van der Waals surface area contributed by atoms with E-state index in [1.54, 1.807) is 0 Å². The second-order valence-corrected chi connectivity index (χ2v) is 5.07. The van der Waals surface area contributed by atoms with E-state index in [4.69, 9.17) is 11.6 Å². The van der Waals surface area contributed by atoms with Crippen LogP contribution in [0, 0.1) is 0 Å². The molecule has 0 saturated carbocycles. The quantitative estimate of drug-likeness (QED) is 0.728. The highest BCUT2D eigenvalue weighted by molar-refractivity contribution is 7.99. The average Bonchev–Trinajstić information content (AvgIpc) is 2.74. The van der Waals surface area contributed by atoms with Gasteiger partial charge in [-0.05, 0) is 36.4 Å². The van der Waals surface area contributed by atoms with Gasteiger partial charge in [-0.2, -0.15) is 0 Å². The second kappa shape index (κ2) is 4.04. The normalized spacial score (nSPS) is 13.9. The van der Waals surface area contributed by atoms with Crippen LogP contribution in [-0.4, -0.2) is 5.88 Å². The van der Waals surface area contributed by atoms with Crippen molar-refractivity contribution < 1.29 is 0 Å². The molecule has 0 unspecified atom stereocenters. The Morgan fingerprint density at radius 3 is 2.56 bits per heavy atom. The molecular formula is C13H10ClNS. The summed E-state index contributed by atoms with van der Waals surface area (Å²) in [5.41, 5.74) is 2.48. The fraction of sp³-hybridized carbons (Fsp3) is 0.0769. The first-order chi connectivity index (χ1) is 7.84. The minimum absolute atomic E-state index is 0.781. The summed E-state index contributed by atoms with van der Waals surface area (Å²) in [5.74, 6) is 0.973. The zero-order chi connectivity index (χ0) is 11.0. The number of thioether (sulfide) groups is 1. The molecule has 0 amide bonds. The molecule has 0 bridgehead atoms. The zero-order valence-corrected chi connectivity index (χ0v) is 10.1. The van der Waals surface area contributed by atoms with Crippen LogP contribution in [-0.2, 0) is 0 Å². The fourth-order valence-corrected chi connectivity index (χ4v) is 3.02. The van der Waals surface area contributed by atoms with Crippen molar-refractivity contribution in [2.75, 3.05) is 10.8 Å². The predicted octanol–water partition coefficient (Wildman–Crippen LogP) is 4.54.